The number of para-hydroxylation sites is 4. The van der Waals surface area contributed by atoms with Crippen LogP contribution < -0.4 is 0 Å². The highest BCUT2D eigenvalue weighted by Crippen LogP contribution is 2.41. The number of fused-ring (bicyclic) bond motifs is 2. The zero-order valence-electron chi connectivity index (χ0n) is 18.1. The minimum absolute atomic E-state index is 0.121. The van der Waals surface area contributed by atoms with Crippen LogP contribution in [0.5, 0.6) is 0 Å². The summed E-state index contributed by atoms with van der Waals surface area (Å²) in [5, 5.41) is 23.9. The van der Waals surface area contributed by atoms with E-state index in [0.29, 0.717) is 33.5 Å². The maximum absolute atomic E-state index is 11.9. The van der Waals surface area contributed by atoms with Gasteiger partial charge in [0.15, 0.2) is 0 Å². The summed E-state index contributed by atoms with van der Waals surface area (Å²) < 4.78 is 0. The third-order valence-electron chi connectivity index (χ3n) is 5.51. The SMILES string of the molecule is Cc1nc2ccccc2nc1-c1cc(-c2nc3ccccc3nc2C)c([N+](=O)[O-])cc1[N+](=O)[O-]. The number of rotatable bonds is 4. The Hall–Kier alpha value is -4.86. The molecule has 0 spiro atoms. The summed E-state index contributed by atoms with van der Waals surface area (Å²) in [5.41, 5.74) is 3.23. The standard InChI is InChI=1S/C24H16N6O4/c1-13-23(27-19-9-5-3-7-17(19)25-13)15-11-16(22(30(33)34)12-21(15)29(31)32)24-14(2)26-18-8-4-6-10-20(18)28-24/h3-12H,1-2H3. The molecule has 0 N–H and O–H groups in total. The molecule has 0 bridgehead atoms. The van der Waals surface area contributed by atoms with Crippen LogP contribution in [0.15, 0.2) is 60.7 Å². The molecular formula is C24H16N6O4. The van der Waals surface area contributed by atoms with E-state index in [9.17, 15) is 20.2 Å². The molecule has 34 heavy (non-hydrogen) atoms. The first-order valence-electron chi connectivity index (χ1n) is 10.3. The van der Waals surface area contributed by atoms with Crippen molar-refractivity contribution in [3.8, 4) is 22.5 Å². The van der Waals surface area contributed by atoms with Crippen molar-refractivity contribution in [2.24, 2.45) is 0 Å². The fraction of sp³-hybridized carbons (Fsp3) is 0.0833. The fourth-order valence-corrected chi connectivity index (χ4v) is 3.95. The molecule has 0 aliphatic heterocycles. The van der Waals surface area contributed by atoms with E-state index in [4.69, 9.17) is 0 Å². The molecule has 166 valence electrons. The molecule has 0 atom stereocenters. The smallest absolute Gasteiger partial charge is 0.258 e. The van der Waals surface area contributed by atoms with Crippen LogP contribution in [0.4, 0.5) is 11.4 Å². The van der Waals surface area contributed by atoms with Gasteiger partial charge in [-0.2, -0.15) is 0 Å². The van der Waals surface area contributed by atoms with Crippen LogP contribution in [0.25, 0.3) is 44.6 Å². The number of benzene rings is 3. The lowest BCUT2D eigenvalue weighted by molar-refractivity contribution is -0.393. The summed E-state index contributed by atoms with van der Waals surface area (Å²) in [7, 11) is 0. The summed E-state index contributed by atoms with van der Waals surface area (Å²) in [6.45, 7) is 3.39. The van der Waals surface area contributed by atoms with Crippen molar-refractivity contribution in [1.82, 2.24) is 19.9 Å². The van der Waals surface area contributed by atoms with Gasteiger partial charge in [0, 0.05) is 0 Å². The minimum Gasteiger partial charge on any atom is -0.258 e. The van der Waals surface area contributed by atoms with Crippen LogP contribution in [0.1, 0.15) is 11.4 Å². The molecule has 5 rings (SSSR count). The van der Waals surface area contributed by atoms with Crippen LogP contribution in [-0.2, 0) is 0 Å². The summed E-state index contributed by atoms with van der Waals surface area (Å²) in [5.74, 6) is 0. The summed E-state index contributed by atoms with van der Waals surface area (Å²) in [4.78, 5) is 40.8. The molecule has 0 amide bonds. The topological polar surface area (TPSA) is 138 Å². The number of hydrogen-bond acceptors (Lipinski definition) is 8. The van der Waals surface area contributed by atoms with Crippen molar-refractivity contribution in [2.45, 2.75) is 13.8 Å². The van der Waals surface area contributed by atoms with Gasteiger partial charge in [0.05, 0.1) is 71.9 Å². The van der Waals surface area contributed by atoms with Gasteiger partial charge in [-0.25, -0.2) is 19.9 Å². The van der Waals surface area contributed by atoms with Crippen LogP contribution >= 0.6 is 0 Å². The number of aromatic nitrogens is 4. The molecule has 0 radical (unpaired) electrons. The Morgan fingerprint density at radius 1 is 0.588 bits per heavy atom. The molecule has 2 heterocycles. The molecule has 2 aromatic heterocycles. The zero-order chi connectivity index (χ0) is 24.0. The van der Waals surface area contributed by atoms with E-state index in [1.165, 1.54) is 6.07 Å². The van der Waals surface area contributed by atoms with Crippen LogP contribution in [0.2, 0.25) is 0 Å². The predicted molar refractivity (Wildman–Crippen MR) is 126 cm³/mol. The van der Waals surface area contributed by atoms with E-state index in [2.05, 4.69) is 19.9 Å². The van der Waals surface area contributed by atoms with E-state index >= 15 is 0 Å². The Morgan fingerprint density at radius 2 is 0.941 bits per heavy atom. The van der Waals surface area contributed by atoms with Gasteiger partial charge in [-0.3, -0.25) is 20.2 Å². The Morgan fingerprint density at radius 3 is 1.29 bits per heavy atom. The number of hydrogen-bond donors (Lipinski definition) is 0. The first kappa shape index (κ1) is 21.0. The van der Waals surface area contributed by atoms with Gasteiger partial charge in [-0.1, -0.05) is 24.3 Å². The Labute approximate surface area is 192 Å². The van der Waals surface area contributed by atoms with Crippen molar-refractivity contribution < 1.29 is 9.85 Å². The average molecular weight is 452 g/mol. The van der Waals surface area contributed by atoms with Gasteiger partial charge in [-0.15, -0.1) is 0 Å². The van der Waals surface area contributed by atoms with Crippen LogP contribution in [-0.4, -0.2) is 29.8 Å². The second-order valence-electron chi connectivity index (χ2n) is 7.69. The maximum Gasteiger partial charge on any atom is 0.285 e. The van der Waals surface area contributed by atoms with E-state index in [-0.39, 0.29) is 22.5 Å². The summed E-state index contributed by atoms with van der Waals surface area (Å²) >= 11 is 0. The zero-order valence-corrected chi connectivity index (χ0v) is 18.1. The molecule has 10 heteroatoms. The number of nitro groups is 2. The van der Waals surface area contributed by atoms with Gasteiger partial charge < -0.3 is 0 Å². The Balaban J connectivity index is 1.85. The van der Waals surface area contributed by atoms with E-state index < -0.39 is 21.2 Å². The third-order valence-corrected chi connectivity index (χ3v) is 5.51. The van der Waals surface area contributed by atoms with E-state index in [1.807, 2.05) is 12.1 Å². The Kier molecular flexibility index (Phi) is 4.90. The van der Waals surface area contributed by atoms with Gasteiger partial charge in [0.2, 0.25) is 0 Å². The van der Waals surface area contributed by atoms with Gasteiger partial charge in [0.1, 0.15) is 0 Å². The molecule has 0 saturated heterocycles. The van der Waals surface area contributed by atoms with Crippen LogP contribution in [0, 0.1) is 34.1 Å². The van der Waals surface area contributed by atoms with Crippen molar-refractivity contribution in [1.29, 1.82) is 0 Å². The van der Waals surface area contributed by atoms with Gasteiger partial charge in [-0.05, 0) is 44.2 Å². The molecule has 3 aromatic carbocycles. The normalized spacial score (nSPS) is 11.1. The molecule has 0 aliphatic rings. The Bertz CT molecular complexity index is 1530. The number of aryl methyl sites for hydroxylation is 2. The van der Waals surface area contributed by atoms with Crippen molar-refractivity contribution >= 4 is 33.4 Å². The number of nitro benzene ring substituents is 2. The van der Waals surface area contributed by atoms with E-state index in [0.717, 1.165) is 6.07 Å². The van der Waals surface area contributed by atoms with Gasteiger partial charge in [0.25, 0.3) is 11.4 Å². The van der Waals surface area contributed by atoms with Crippen molar-refractivity contribution in [3.63, 3.8) is 0 Å². The second kappa shape index (κ2) is 7.93. The third kappa shape index (κ3) is 3.47. The van der Waals surface area contributed by atoms with Crippen molar-refractivity contribution in [3.05, 3.63) is 92.3 Å². The molecule has 10 nitrogen and oxygen atoms in total. The van der Waals surface area contributed by atoms with Crippen molar-refractivity contribution in [2.75, 3.05) is 0 Å². The van der Waals surface area contributed by atoms with Gasteiger partial charge >= 0.3 is 0 Å². The molecule has 0 unspecified atom stereocenters. The molecule has 0 fully saturated rings. The predicted octanol–water partition coefficient (Wildman–Crippen LogP) is 5.34. The minimum atomic E-state index is -0.651. The average Bonchev–Trinajstić information content (AvgIpc) is 2.82. The lowest BCUT2D eigenvalue weighted by Gasteiger charge is -2.12. The molecule has 0 aliphatic carbocycles. The largest absolute Gasteiger partial charge is 0.285 e. The highest BCUT2D eigenvalue weighted by Gasteiger charge is 2.29. The van der Waals surface area contributed by atoms with E-state index in [1.54, 1.807) is 50.2 Å². The highest BCUT2D eigenvalue weighted by atomic mass is 16.6. The highest BCUT2D eigenvalue weighted by molar-refractivity contribution is 5.88. The second-order valence-corrected chi connectivity index (χ2v) is 7.69. The quantitative estimate of drug-likeness (QED) is 0.263. The summed E-state index contributed by atoms with van der Waals surface area (Å²) in [6, 6.07) is 16.7. The summed E-state index contributed by atoms with van der Waals surface area (Å²) in [6.07, 6.45) is 0. The lowest BCUT2D eigenvalue weighted by Crippen LogP contribution is -2.03. The molecule has 5 aromatic rings. The van der Waals surface area contributed by atoms with Crippen LogP contribution in [0.3, 0.4) is 0 Å². The number of nitrogens with zero attached hydrogens (tertiary/aromatic N) is 6. The molecular weight excluding hydrogens is 436 g/mol. The first-order valence-corrected chi connectivity index (χ1v) is 10.3. The fourth-order valence-electron chi connectivity index (χ4n) is 3.95. The first-order chi connectivity index (χ1) is 16.3. The monoisotopic (exact) mass is 452 g/mol. The maximum atomic E-state index is 11.9. The lowest BCUT2D eigenvalue weighted by atomic mass is 9.99. The molecule has 0 saturated carbocycles.